The molecule has 4 aliphatic carbocycles. The van der Waals surface area contributed by atoms with Gasteiger partial charge in [0, 0.05) is 18.9 Å². The molecule has 44 heavy (non-hydrogen) atoms. The molecule has 4 saturated carbocycles. The Bertz CT molecular complexity index is 1120. The van der Waals surface area contributed by atoms with Crippen LogP contribution in [-0.2, 0) is 20.6 Å². The van der Waals surface area contributed by atoms with Crippen LogP contribution in [0.15, 0.2) is 30.3 Å². The molecule has 1 aromatic rings. The zero-order chi connectivity index (χ0) is 32.1. The molecule has 0 aromatic heterocycles. The Hall–Kier alpha value is -0.973. The Kier molecular flexibility index (Phi) is 10.1. The van der Waals surface area contributed by atoms with E-state index in [1.165, 1.54) is 44.1 Å². The number of carbonyl (C=O) groups is 1. The maximum atomic E-state index is 12.7. The fourth-order valence-corrected chi connectivity index (χ4v) is 12.1. The van der Waals surface area contributed by atoms with Gasteiger partial charge in [-0.3, -0.25) is 4.79 Å². The van der Waals surface area contributed by atoms with Crippen LogP contribution in [0.2, 0.25) is 18.1 Å². The van der Waals surface area contributed by atoms with E-state index >= 15 is 0 Å². The highest BCUT2D eigenvalue weighted by Crippen LogP contribution is 2.68. The summed E-state index contributed by atoms with van der Waals surface area (Å²) >= 11 is 0. The Balaban J connectivity index is 1.33. The number of rotatable bonds is 10. The van der Waals surface area contributed by atoms with Gasteiger partial charge in [0.05, 0.1) is 12.7 Å². The lowest BCUT2D eigenvalue weighted by molar-refractivity contribution is -0.185. The molecule has 0 radical (unpaired) electrons. The molecule has 3 nitrogen and oxygen atoms in total. The highest BCUT2D eigenvalue weighted by atomic mass is 28.4. The summed E-state index contributed by atoms with van der Waals surface area (Å²) in [6.07, 6.45) is 12.2. The van der Waals surface area contributed by atoms with Crippen molar-refractivity contribution in [3.05, 3.63) is 35.9 Å². The molecule has 0 N–H and O–H groups in total. The molecule has 1 aromatic carbocycles. The second-order valence-corrected chi connectivity index (χ2v) is 23.0. The van der Waals surface area contributed by atoms with E-state index in [1.54, 1.807) is 0 Å². The monoisotopic (exact) mass is 622 g/mol. The molecule has 0 bridgehead atoms. The van der Waals surface area contributed by atoms with Crippen LogP contribution in [0, 0.1) is 52.3 Å². The molecule has 0 saturated heterocycles. The van der Waals surface area contributed by atoms with E-state index in [4.69, 9.17) is 9.16 Å². The van der Waals surface area contributed by atoms with Gasteiger partial charge in [0.2, 0.25) is 0 Å². The standard InChI is InChI=1S/C40H66O3Si/c1-27(2)35(43-44(9,10)38(4,5)6)19-16-28(3)32-17-18-33-37-34(21-23-40(32,33)8)39(7)22-20-31(41)24-30(39)25-36(37)42-26-29-14-12-11-13-15-29/h11-15,27-28,30,32-37H,16-26H2,1-10H3/t28-,30?,32-,33+,34+,35?,36-,37+,39+,40-/m1/s1. The molecule has 4 heteroatoms. The molecule has 0 aliphatic heterocycles. The number of carbonyl (C=O) groups excluding carboxylic acids is 1. The smallest absolute Gasteiger partial charge is 0.192 e. The van der Waals surface area contributed by atoms with Gasteiger partial charge in [0.25, 0.3) is 0 Å². The van der Waals surface area contributed by atoms with Crippen molar-refractivity contribution < 1.29 is 14.0 Å². The minimum atomic E-state index is -1.80. The molecule has 4 fully saturated rings. The summed E-state index contributed by atoms with van der Waals surface area (Å²) in [6.45, 7) is 25.2. The summed E-state index contributed by atoms with van der Waals surface area (Å²) in [5.41, 5.74) is 1.95. The van der Waals surface area contributed by atoms with Crippen LogP contribution in [0.3, 0.4) is 0 Å². The molecule has 5 rings (SSSR count). The first-order chi connectivity index (χ1) is 20.6. The van der Waals surface area contributed by atoms with E-state index < -0.39 is 8.32 Å². The van der Waals surface area contributed by atoms with Crippen molar-refractivity contribution in [3.63, 3.8) is 0 Å². The minimum absolute atomic E-state index is 0.247. The second-order valence-electron chi connectivity index (χ2n) is 18.3. The lowest BCUT2D eigenvalue weighted by atomic mass is 9.43. The molecule has 4 aliphatic rings. The number of ketones is 1. The van der Waals surface area contributed by atoms with E-state index in [9.17, 15) is 4.79 Å². The summed E-state index contributed by atoms with van der Waals surface area (Å²) in [5, 5.41) is 0.247. The lowest BCUT2D eigenvalue weighted by Crippen LogP contribution is -2.59. The van der Waals surface area contributed by atoms with Gasteiger partial charge in [-0.05, 0) is 127 Å². The van der Waals surface area contributed by atoms with Gasteiger partial charge in [0.15, 0.2) is 8.32 Å². The van der Waals surface area contributed by atoms with E-state index in [1.807, 2.05) is 0 Å². The lowest BCUT2D eigenvalue weighted by Gasteiger charge is -2.62. The van der Waals surface area contributed by atoms with Gasteiger partial charge in [-0.2, -0.15) is 0 Å². The number of fused-ring (bicyclic) bond motifs is 5. The average Bonchev–Trinajstić information content (AvgIpc) is 3.31. The van der Waals surface area contributed by atoms with Crippen molar-refractivity contribution >= 4 is 14.1 Å². The Morgan fingerprint density at radius 3 is 2.27 bits per heavy atom. The summed E-state index contributed by atoms with van der Waals surface area (Å²) in [6, 6.07) is 10.7. The van der Waals surface area contributed by atoms with E-state index in [0.717, 1.165) is 37.5 Å². The number of hydrogen-bond donors (Lipinski definition) is 0. The fraction of sp³-hybridized carbons (Fsp3) is 0.825. The molecular formula is C40H66O3Si. The van der Waals surface area contributed by atoms with Crippen molar-refractivity contribution in [2.24, 2.45) is 52.3 Å². The highest BCUT2D eigenvalue weighted by molar-refractivity contribution is 6.74. The molecule has 0 spiro atoms. The Labute approximate surface area is 272 Å². The molecule has 248 valence electrons. The highest BCUT2D eigenvalue weighted by Gasteiger charge is 2.63. The van der Waals surface area contributed by atoms with Crippen molar-refractivity contribution in [2.45, 2.75) is 157 Å². The Morgan fingerprint density at radius 2 is 1.61 bits per heavy atom. The quantitative estimate of drug-likeness (QED) is 0.244. The van der Waals surface area contributed by atoms with Crippen LogP contribution in [-0.4, -0.2) is 26.3 Å². The van der Waals surface area contributed by atoms with Crippen molar-refractivity contribution in [1.82, 2.24) is 0 Å². The molecule has 0 amide bonds. The summed E-state index contributed by atoms with van der Waals surface area (Å²) in [5.74, 6) is 5.06. The van der Waals surface area contributed by atoms with Crippen LogP contribution in [0.4, 0.5) is 0 Å². The second kappa shape index (κ2) is 12.9. The van der Waals surface area contributed by atoms with Gasteiger partial charge in [-0.25, -0.2) is 0 Å². The van der Waals surface area contributed by atoms with Crippen LogP contribution in [0.25, 0.3) is 0 Å². The molecule has 2 unspecified atom stereocenters. The van der Waals surface area contributed by atoms with Gasteiger partial charge < -0.3 is 9.16 Å². The SMILES string of the molecule is CC(C)C(CC[C@@H](C)[C@H]1CC[C@H]2[C@@H]3[C@H](OCc4ccccc4)CC4CC(=O)CC[C@]4(C)[C@H]3CC[C@]12C)O[Si](C)(C)C(C)(C)C. The third-order valence-corrected chi connectivity index (χ3v) is 18.9. The van der Waals surface area contributed by atoms with Crippen LogP contribution < -0.4 is 0 Å². The zero-order valence-electron chi connectivity index (χ0n) is 30.1. The van der Waals surface area contributed by atoms with Crippen LogP contribution in [0.5, 0.6) is 0 Å². The molecular weight excluding hydrogens is 557 g/mol. The van der Waals surface area contributed by atoms with Crippen LogP contribution >= 0.6 is 0 Å². The van der Waals surface area contributed by atoms with Crippen LogP contribution in [0.1, 0.15) is 125 Å². The number of hydrogen-bond acceptors (Lipinski definition) is 3. The normalized spacial score (nSPS) is 37.3. The van der Waals surface area contributed by atoms with Crippen molar-refractivity contribution in [2.75, 3.05) is 0 Å². The molecule has 0 heterocycles. The maximum Gasteiger partial charge on any atom is 0.192 e. The van der Waals surface area contributed by atoms with E-state index in [0.29, 0.717) is 58.9 Å². The summed E-state index contributed by atoms with van der Waals surface area (Å²) in [7, 11) is -1.80. The number of ether oxygens (including phenoxy) is 1. The first-order valence-corrected chi connectivity index (χ1v) is 21.3. The minimum Gasteiger partial charge on any atom is -0.414 e. The van der Waals surface area contributed by atoms with Crippen molar-refractivity contribution in [1.29, 1.82) is 0 Å². The van der Waals surface area contributed by atoms with Crippen molar-refractivity contribution in [3.8, 4) is 0 Å². The third kappa shape index (κ3) is 6.57. The largest absolute Gasteiger partial charge is 0.414 e. The van der Waals surface area contributed by atoms with E-state index in [-0.39, 0.29) is 11.1 Å². The maximum absolute atomic E-state index is 12.7. The van der Waals surface area contributed by atoms with E-state index in [2.05, 4.69) is 98.8 Å². The van der Waals surface area contributed by atoms with Gasteiger partial charge in [-0.1, -0.05) is 85.7 Å². The predicted molar refractivity (Wildman–Crippen MR) is 186 cm³/mol. The first kappa shape index (κ1) is 34.4. The number of benzene rings is 1. The third-order valence-electron chi connectivity index (χ3n) is 14.4. The topological polar surface area (TPSA) is 35.5 Å². The number of Topliss-reactive ketones (excluding diaryl/α,β-unsaturated/α-hetero) is 1. The Morgan fingerprint density at radius 1 is 0.932 bits per heavy atom. The van der Waals surface area contributed by atoms with Gasteiger partial charge in [0.1, 0.15) is 5.78 Å². The zero-order valence-corrected chi connectivity index (χ0v) is 31.1. The van der Waals surface area contributed by atoms with Gasteiger partial charge >= 0.3 is 0 Å². The average molecular weight is 623 g/mol. The molecule has 10 atom stereocenters. The predicted octanol–water partition coefficient (Wildman–Crippen LogP) is 10.9. The summed E-state index contributed by atoms with van der Waals surface area (Å²) in [4.78, 5) is 12.7. The fourth-order valence-electron chi connectivity index (χ4n) is 10.6. The van der Waals surface area contributed by atoms with Gasteiger partial charge in [-0.15, -0.1) is 0 Å². The first-order valence-electron chi connectivity index (χ1n) is 18.4. The summed E-state index contributed by atoms with van der Waals surface area (Å²) < 4.78 is 14.0.